The van der Waals surface area contributed by atoms with Gasteiger partial charge in [-0.05, 0) is 43.4 Å². The molecule has 0 unspecified atom stereocenters. The van der Waals surface area contributed by atoms with E-state index in [1.807, 2.05) is 6.92 Å². The maximum atomic E-state index is 13.6. The van der Waals surface area contributed by atoms with Crippen molar-refractivity contribution in [3.63, 3.8) is 0 Å². The summed E-state index contributed by atoms with van der Waals surface area (Å²) in [5, 5.41) is 15.5. The molecule has 0 saturated carbocycles. The molecular formula is C24H22ClFN6O4S. The van der Waals surface area contributed by atoms with E-state index in [2.05, 4.69) is 20.6 Å². The number of halogens is 2. The van der Waals surface area contributed by atoms with Crippen LogP contribution >= 0.6 is 23.8 Å². The highest BCUT2D eigenvalue weighted by atomic mass is 35.5. The minimum Gasteiger partial charge on any atom is -0.492 e. The first-order valence-corrected chi connectivity index (χ1v) is 11.8. The maximum absolute atomic E-state index is 13.6. The van der Waals surface area contributed by atoms with Gasteiger partial charge in [-0.2, -0.15) is 0 Å². The molecule has 2 heterocycles. The average molecular weight is 545 g/mol. The van der Waals surface area contributed by atoms with Crippen LogP contribution in [0.5, 0.6) is 5.75 Å². The number of benzene rings is 2. The minimum absolute atomic E-state index is 0.0408. The second-order valence-corrected chi connectivity index (χ2v) is 8.76. The maximum Gasteiger partial charge on any atom is 0.309 e. The minimum atomic E-state index is -1.00. The number of fused-ring (bicyclic) bond motifs is 1. The van der Waals surface area contributed by atoms with E-state index in [1.165, 1.54) is 29.1 Å². The lowest BCUT2D eigenvalue weighted by Gasteiger charge is -2.15. The van der Waals surface area contributed by atoms with Crippen LogP contribution in [0.25, 0.3) is 10.9 Å². The fraction of sp³-hybridized carbons (Fsp3) is 0.208. The predicted octanol–water partition coefficient (Wildman–Crippen LogP) is 4.70. The average Bonchev–Trinajstić information content (AvgIpc) is 3.09. The molecule has 3 N–H and O–H groups in total. The number of anilines is 3. The van der Waals surface area contributed by atoms with Crippen molar-refractivity contribution in [3.8, 4) is 5.75 Å². The van der Waals surface area contributed by atoms with E-state index in [-0.39, 0.29) is 18.0 Å². The number of carboxylic acids is 1. The summed E-state index contributed by atoms with van der Waals surface area (Å²) in [5.74, 6) is -1.13. The van der Waals surface area contributed by atoms with Crippen molar-refractivity contribution in [2.45, 2.75) is 19.9 Å². The zero-order chi connectivity index (χ0) is 26.7. The number of hydrogen-bond acceptors (Lipinski definition) is 7. The molecule has 0 aliphatic rings. The van der Waals surface area contributed by atoms with Gasteiger partial charge in [-0.15, -0.1) is 0 Å². The Hall–Kier alpha value is -4.03. The van der Waals surface area contributed by atoms with Crippen molar-refractivity contribution in [1.29, 1.82) is 0 Å². The zero-order valence-electron chi connectivity index (χ0n) is 19.8. The van der Waals surface area contributed by atoms with E-state index in [9.17, 15) is 14.0 Å². The van der Waals surface area contributed by atoms with Crippen LogP contribution in [0.3, 0.4) is 0 Å². The summed E-state index contributed by atoms with van der Waals surface area (Å²) < 4.78 is 22.7. The van der Waals surface area contributed by atoms with Gasteiger partial charge in [0.15, 0.2) is 4.77 Å². The molecule has 0 atom stereocenters. The lowest BCUT2D eigenvalue weighted by atomic mass is 10.1. The number of rotatable bonds is 9. The van der Waals surface area contributed by atoms with Crippen molar-refractivity contribution >= 4 is 63.8 Å². The van der Waals surface area contributed by atoms with E-state index in [4.69, 9.17) is 33.7 Å². The Bertz CT molecular complexity index is 1570. The number of ether oxygens (including phenoxy) is 1. The molecule has 13 heteroatoms. The van der Waals surface area contributed by atoms with Crippen LogP contribution in [0.15, 0.2) is 42.9 Å². The fourth-order valence-corrected chi connectivity index (χ4v) is 4.10. The lowest BCUT2D eigenvalue weighted by Crippen LogP contribution is -2.19. The van der Waals surface area contributed by atoms with Gasteiger partial charge in [-0.3, -0.25) is 9.59 Å². The number of nitrogens with one attached hydrogen (secondary N) is 2. The lowest BCUT2D eigenvalue weighted by molar-refractivity contribution is -0.136. The standard InChI is InChI=1S/C24H22ClFN6O4S/c1-3-36-20-9-18-15(23(28-12-27-18)29-13-4-5-17(26)16(25)6-13)8-19(20)30-21(33)11-32-10-14(7-22(34)35)31(2)24(32)37/h4-6,8-10,12H,3,7,11H2,1-2H3,(H,30,33)(H,34,35)(H,27,28,29). The van der Waals surface area contributed by atoms with Gasteiger partial charge in [0.25, 0.3) is 0 Å². The van der Waals surface area contributed by atoms with Gasteiger partial charge < -0.3 is 29.6 Å². The Kier molecular flexibility index (Phi) is 7.69. The zero-order valence-corrected chi connectivity index (χ0v) is 21.4. The first-order valence-electron chi connectivity index (χ1n) is 11.1. The summed E-state index contributed by atoms with van der Waals surface area (Å²) in [5.41, 5.74) is 1.92. The number of carboxylic acid groups (broad SMARTS) is 1. The summed E-state index contributed by atoms with van der Waals surface area (Å²) in [4.78, 5) is 32.6. The van der Waals surface area contributed by atoms with Crippen LogP contribution in [0.4, 0.5) is 21.6 Å². The SMILES string of the molecule is CCOc1cc2ncnc(Nc3ccc(F)c(Cl)c3)c2cc1NC(=O)Cn1cc(CC(=O)O)n(C)c1=S. The van der Waals surface area contributed by atoms with Gasteiger partial charge in [0.2, 0.25) is 5.91 Å². The Labute approximate surface area is 220 Å². The van der Waals surface area contributed by atoms with E-state index >= 15 is 0 Å². The summed E-state index contributed by atoms with van der Waals surface area (Å²) >= 11 is 11.2. The molecule has 0 spiro atoms. The van der Waals surface area contributed by atoms with Crippen molar-refractivity contribution in [2.24, 2.45) is 7.05 Å². The highest BCUT2D eigenvalue weighted by Gasteiger charge is 2.16. The van der Waals surface area contributed by atoms with Gasteiger partial charge in [-0.1, -0.05) is 11.6 Å². The van der Waals surface area contributed by atoms with E-state index in [1.54, 1.807) is 29.9 Å². The van der Waals surface area contributed by atoms with Gasteiger partial charge in [0, 0.05) is 36.1 Å². The van der Waals surface area contributed by atoms with Gasteiger partial charge in [0.1, 0.15) is 30.3 Å². The number of carbonyl (C=O) groups is 2. The number of amides is 1. The third-order valence-corrected chi connectivity index (χ3v) is 6.21. The van der Waals surface area contributed by atoms with Crippen molar-refractivity contribution in [2.75, 3.05) is 17.2 Å². The number of carbonyl (C=O) groups excluding carboxylic acids is 1. The molecule has 0 bridgehead atoms. The molecule has 2 aromatic heterocycles. The smallest absolute Gasteiger partial charge is 0.309 e. The van der Waals surface area contributed by atoms with Crippen LogP contribution in [0.1, 0.15) is 12.6 Å². The Morgan fingerprint density at radius 3 is 2.73 bits per heavy atom. The van der Waals surface area contributed by atoms with Gasteiger partial charge in [-0.25, -0.2) is 14.4 Å². The van der Waals surface area contributed by atoms with E-state index in [0.29, 0.717) is 50.9 Å². The predicted molar refractivity (Wildman–Crippen MR) is 140 cm³/mol. The van der Waals surface area contributed by atoms with Crippen LogP contribution in [0.2, 0.25) is 5.02 Å². The summed E-state index contributed by atoms with van der Waals surface area (Å²) in [6.45, 7) is 2.02. The molecule has 0 fully saturated rings. The largest absolute Gasteiger partial charge is 0.492 e. The van der Waals surface area contributed by atoms with E-state index < -0.39 is 17.7 Å². The molecule has 192 valence electrons. The fourth-order valence-electron chi connectivity index (χ4n) is 3.68. The highest BCUT2D eigenvalue weighted by molar-refractivity contribution is 7.71. The van der Waals surface area contributed by atoms with Gasteiger partial charge in [0.05, 0.1) is 29.3 Å². The summed E-state index contributed by atoms with van der Waals surface area (Å²) in [6, 6.07) is 7.55. The molecule has 0 aliphatic heterocycles. The number of aliphatic carboxylic acids is 1. The molecule has 37 heavy (non-hydrogen) atoms. The summed E-state index contributed by atoms with van der Waals surface area (Å²) in [7, 11) is 1.65. The van der Waals surface area contributed by atoms with E-state index in [0.717, 1.165) is 0 Å². The molecule has 4 rings (SSSR count). The van der Waals surface area contributed by atoms with Crippen molar-refractivity contribution in [3.05, 3.63) is 64.2 Å². The van der Waals surface area contributed by atoms with Crippen LogP contribution in [-0.4, -0.2) is 42.7 Å². The third kappa shape index (κ3) is 5.87. The molecule has 0 aliphatic carbocycles. The number of imidazole rings is 1. The molecule has 10 nitrogen and oxygen atoms in total. The normalized spacial score (nSPS) is 10.9. The summed E-state index contributed by atoms with van der Waals surface area (Å²) in [6.07, 6.45) is 2.70. The molecule has 2 aromatic carbocycles. The number of hydrogen-bond donors (Lipinski definition) is 3. The molecule has 4 aromatic rings. The second-order valence-electron chi connectivity index (χ2n) is 7.98. The number of aromatic nitrogens is 4. The molecule has 0 radical (unpaired) electrons. The molecular weight excluding hydrogens is 523 g/mol. The van der Waals surface area contributed by atoms with Crippen molar-refractivity contribution < 1.29 is 23.8 Å². The topological polar surface area (TPSA) is 123 Å². The Balaban J connectivity index is 1.65. The van der Waals surface area contributed by atoms with Crippen molar-refractivity contribution in [1.82, 2.24) is 19.1 Å². The Morgan fingerprint density at radius 1 is 1.24 bits per heavy atom. The first-order chi connectivity index (χ1) is 17.7. The molecule has 1 amide bonds. The number of nitrogens with zero attached hydrogens (tertiary/aromatic N) is 4. The Morgan fingerprint density at radius 2 is 2.03 bits per heavy atom. The van der Waals surface area contributed by atoms with Crippen LogP contribution in [0, 0.1) is 10.6 Å². The quantitative estimate of drug-likeness (QED) is 0.259. The van der Waals surface area contributed by atoms with Crippen LogP contribution in [-0.2, 0) is 29.6 Å². The third-order valence-electron chi connectivity index (χ3n) is 5.41. The van der Waals surface area contributed by atoms with Crippen LogP contribution < -0.4 is 15.4 Å². The first kappa shape index (κ1) is 26.0. The molecule has 0 saturated heterocycles. The van der Waals surface area contributed by atoms with Gasteiger partial charge >= 0.3 is 5.97 Å². The highest BCUT2D eigenvalue weighted by Crippen LogP contribution is 2.34. The second kappa shape index (κ2) is 10.9. The monoisotopic (exact) mass is 544 g/mol.